The molecule has 0 bridgehead atoms. The molecule has 5 aromatic rings. The van der Waals surface area contributed by atoms with Crippen molar-refractivity contribution in [3.63, 3.8) is 0 Å². The summed E-state index contributed by atoms with van der Waals surface area (Å²) in [6.45, 7) is 1.94. The molecule has 0 atom stereocenters. The lowest BCUT2D eigenvalue weighted by Crippen LogP contribution is -2.29. The molecule has 0 radical (unpaired) electrons. The minimum atomic E-state index is -0.330. The van der Waals surface area contributed by atoms with E-state index in [0.29, 0.717) is 29.2 Å². The summed E-state index contributed by atoms with van der Waals surface area (Å²) < 4.78 is 6.46. The highest BCUT2D eigenvalue weighted by molar-refractivity contribution is 7.22. The molecule has 1 N–H and O–H groups in total. The molecule has 1 saturated heterocycles. The van der Waals surface area contributed by atoms with E-state index >= 15 is 0 Å². The van der Waals surface area contributed by atoms with Gasteiger partial charge in [-0.3, -0.25) is 10.1 Å². The van der Waals surface area contributed by atoms with Gasteiger partial charge in [0.15, 0.2) is 10.8 Å². The Morgan fingerprint density at radius 1 is 0.944 bits per heavy atom. The van der Waals surface area contributed by atoms with Gasteiger partial charge in [-0.2, -0.15) is 4.98 Å². The van der Waals surface area contributed by atoms with E-state index in [1.807, 2.05) is 66.7 Å². The third-order valence-corrected chi connectivity index (χ3v) is 7.31. The Bertz CT molecular complexity index is 1490. The zero-order chi connectivity index (χ0) is 24.3. The summed E-state index contributed by atoms with van der Waals surface area (Å²) in [5.41, 5.74) is 3.73. The maximum Gasteiger partial charge on any atom is 0.322 e. The van der Waals surface area contributed by atoms with Crippen LogP contribution in [-0.2, 0) is 6.42 Å². The summed E-state index contributed by atoms with van der Waals surface area (Å²) in [7, 11) is 0. The van der Waals surface area contributed by atoms with Crippen molar-refractivity contribution in [3.8, 4) is 11.3 Å². The second kappa shape index (κ2) is 9.87. The van der Waals surface area contributed by atoms with Gasteiger partial charge < -0.3 is 9.32 Å². The lowest BCUT2D eigenvalue weighted by molar-refractivity contribution is 0.102. The molecule has 3 aromatic heterocycles. The van der Waals surface area contributed by atoms with Crippen molar-refractivity contribution in [2.75, 3.05) is 23.3 Å². The van der Waals surface area contributed by atoms with Crippen LogP contribution in [0.5, 0.6) is 0 Å². The number of carbonyl (C=O) groups excluding carboxylic acids is 1. The van der Waals surface area contributed by atoms with Crippen LogP contribution in [0, 0.1) is 0 Å². The van der Waals surface area contributed by atoms with E-state index in [9.17, 15) is 4.79 Å². The Morgan fingerprint density at radius 2 is 1.69 bits per heavy atom. The Kier molecular flexibility index (Phi) is 6.13. The van der Waals surface area contributed by atoms with Crippen LogP contribution >= 0.6 is 11.3 Å². The van der Waals surface area contributed by atoms with E-state index in [4.69, 9.17) is 14.4 Å². The van der Waals surface area contributed by atoms with E-state index in [-0.39, 0.29) is 11.9 Å². The van der Waals surface area contributed by atoms with Crippen LogP contribution < -0.4 is 10.2 Å². The zero-order valence-electron chi connectivity index (χ0n) is 19.6. The number of pyridine rings is 1. The van der Waals surface area contributed by atoms with Crippen molar-refractivity contribution in [1.82, 2.24) is 20.2 Å². The highest BCUT2D eigenvalue weighted by Crippen LogP contribution is 2.34. The number of piperidine rings is 1. The molecular weight excluding hydrogens is 472 g/mol. The zero-order valence-corrected chi connectivity index (χ0v) is 20.4. The molecule has 4 heterocycles. The van der Waals surface area contributed by atoms with Gasteiger partial charge in [0.05, 0.1) is 22.4 Å². The van der Waals surface area contributed by atoms with Gasteiger partial charge in [0.1, 0.15) is 0 Å². The molecule has 1 aliphatic heterocycles. The number of fused-ring (bicyclic) bond motifs is 1. The number of benzene rings is 2. The lowest BCUT2D eigenvalue weighted by Gasteiger charge is -2.25. The highest BCUT2D eigenvalue weighted by atomic mass is 32.1. The number of amides is 1. The summed E-state index contributed by atoms with van der Waals surface area (Å²) in [6, 6.07) is 21.5. The fraction of sp³-hybridized carbons (Fsp3) is 0.222. The van der Waals surface area contributed by atoms with Gasteiger partial charge in [-0.1, -0.05) is 77.1 Å². The average Bonchev–Trinajstić information content (AvgIpc) is 3.56. The van der Waals surface area contributed by atoms with Crippen molar-refractivity contribution in [2.45, 2.75) is 25.7 Å². The molecule has 8 nitrogen and oxygen atoms in total. The maximum absolute atomic E-state index is 13.5. The van der Waals surface area contributed by atoms with Crippen LogP contribution in [0.4, 0.5) is 11.1 Å². The first-order valence-corrected chi connectivity index (χ1v) is 12.8. The van der Waals surface area contributed by atoms with E-state index in [2.05, 4.69) is 20.4 Å². The molecular formula is C27H24N6O2S. The first-order valence-electron chi connectivity index (χ1n) is 12.0. The number of hydrogen-bond donors (Lipinski definition) is 1. The number of hydrogen-bond acceptors (Lipinski definition) is 8. The van der Waals surface area contributed by atoms with Gasteiger partial charge in [0.25, 0.3) is 5.91 Å². The minimum Gasteiger partial charge on any atom is -0.407 e. The Labute approximate surface area is 212 Å². The summed E-state index contributed by atoms with van der Waals surface area (Å²) in [4.78, 5) is 25.4. The number of nitrogens with one attached hydrogen (secondary N) is 1. The van der Waals surface area contributed by atoms with Crippen molar-refractivity contribution in [1.29, 1.82) is 0 Å². The van der Waals surface area contributed by atoms with E-state index in [1.165, 1.54) is 17.8 Å². The lowest BCUT2D eigenvalue weighted by atomic mass is 10.1. The van der Waals surface area contributed by atoms with Gasteiger partial charge in [-0.05, 0) is 30.9 Å². The number of carbonyl (C=O) groups is 1. The molecule has 2 aromatic carbocycles. The van der Waals surface area contributed by atoms with Crippen LogP contribution in [0.2, 0.25) is 0 Å². The van der Waals surface area contributed by atoms with Gasteiger partial charge in [0, 0.05) is 18.7 Å². The van der Waals surface area contributed by atoms with Crippen molar-refractivity contribution in [2.24, 2.45) is 0 Å². The van der Waals surface area contributed by atoms with Gasteiger partial charge in [-0.25, -0.2) is 4.98 Å². The molecule has 1 amide bonds. The molecule has 0 aliphatic carbocycles. The van der Waals surface area contributed by atoms with Crippen LogP contribution in [0.3, 0.4) is 0 Å². The van der Waals surface area contributed by atoms with Crippen LogP contribution in [0.25, 0.3) is 21.6 Å². The molecule has 9 heteroatoms. The minimum absolute atomic E-state index is 0.0675. The highest BCUT2D eigenvalue weighted by Gasteiger charge is 2.22. The smallest absolute Gasteiger partial charge is 0.322 e. The summed E-state index contributed by atoms with van der Waals surface area (Å²) in [5.74, 6) is 0.106. The van der Waals surface area contributed by atoms with E-state index in [1.54, 1.807) is 0 Å². The quantitative estimate of drug-likeness (QED) is 0.328. The maximum atomic E-state index is 13.5. The van der Waals surface area contributed by atoms with Gasteiger partial charge >= 0.3 is 6.01 Å². The monoisotopic (exact) mass is 496 g/mol. The molecule has 1 fully saturated rings. The molecule has 36 heavy (non-hydrogen) atoms. The summed E-state index contributed by atoms with van der Waals surface area (Å²) >= 11 is 1.51. The first kappa shape index (κ1) is 22.4. The summed E-state index contributed by atoms with van der Waals surface area (Å²) in [5, 5.41) is 11.8. The number of thiazole rings is 1. The predicted octanol–water partition coefficient (Wildman–Crippen LogP) is 5.57. The number of rotatable bonds is 6. The van der Waals surface area contributed by atoms with Crippen molar-refractivity contribution >= 4 is 38.7 Å². The second-order valence-corrected chi connectivity index (χ2v) is 9.71. The van der Waals surface area contributed by atoms with Crippen molar-refractivity contribution in [3.05, 3.63) is 83.7 Å². The van der Waals surface area contributed by atoms with E-state index < -0.39 is 0 Å². The largest absolute Gasteiger partial charge is 0.407 e. The molecule has 0 unspecified atom stereocenters. The first-order chi connectivity index (χ1) is 17.7. The third kappa shape index (κ3) is 4.70. The Hall–Kier alpha value is -4.11. The molecule has 6 rings (SSSR count). The summed E-state index contributed by atoms with van der Waals surface area (Å²) in [6.07, 6.45) is 4.03. The van der Waals surface area contributed by atoms with Gasteiger partial charge in [0.2, 0.25) is 5.89 Å². The normalized spacial score (nSPS) is 13.7. The second-order valence-electron chi connectivity index (χ2n) is 8.74. The van der Waals surface area contributed by atoms with Crippen LogP contribution in [-0.4, -0.2) is 39.2 Å². The Balaban J connectivity index is 1.33. The SMILES string of the molecule is O=C(Nc1nnc(Cc2ccccc2)o1)c1cc(-c2ccccc2)nc2nc(N3CCCCC3)sc12. The number of anilines is 2. The van der Waals surface area contributed by atoms with Crippen LogP contribution in [0.15, 0.2) is 71.1 Å². The molecule has 0 saturated carbocycles. The van der Waals surface area contributed by atoms with Gasteiger partial charge in [-0.15, -0.1) is 5.10 Å². The number of nitrogens with zero attached hydrogens (tertiary/aromatic N) is 5. The fourth-order valence-corrected chi connectivity index (χ4v) is 5.43. The van der Waals surface area contributed by atoms with Crippen LogP contribution in [0.1, 0.15) is 41.1 Å². The predicted molar refractivity (Wildman–Crippen MR) is 140 cm³/mol. The third-order valence-electron chi connectivity index (χ3n) is 6.18. The average molecular weight is 497 g/mol. The standard InChI is InChI=1S/C27H24N6O2S/c34-25(30-26-32-31-22(35-26)16-18-10-4-1-5-11-18)20-17-21(19-12-6-2-7-13-19)28-24-23(20)36-27(29-24)33-14-8-3-9-15-33/h1-2,4-7,10-13,17H,3,8-9,14-16H2,(H,30,32,34). The van der Waals surface area contributed by atoms with Crippen molar-refractivity contribution < 1.29 is 9.21 Å². The molecule has 1 aliphatic rings. The molecule has 180 valence electrons. The molecule has 0 spiro atoms. The Morgan fingerprint density at radius 3 is 2.47 bits per heavy atom. The number of aromatic nitrogens is 4. The fourth-order valence-electron chi connectivity index (χ4n) is 4.36. The topological polar surface area (TPSA) is 97.0 Å². The van der Waals surface area contributed by atoms with E-state index in [0.717, 1.165) is 46.9 Å².